The molecule has 0 aliphatic carbocycles. The maximum atomic E-state index is 5.58. The Morgan fingerprint density at radius 2 is 2.43 bits per heavy atom. The predicted octanol–water partition coefficient (Wildman–Crippen LogP) is 0.377. The number of anilines is 1. The number of hydrogen-bond acceptors (Lipinski definition) is 6. The van der Waals surface area contributed by atoms with Gasteiger partial charge in [0.15, 0.2) is 0 Å². The number of nitrogens with one attached hydrogen (secondary N) is 1. The lowest BCUT2D eigenvalue weighted by Gasteiger charge is -2.05. The minimum Gasteiger partial charge on any atom is -0.353 e. The van der Waals surface area contributed by atoms with Crippen molar-refractivity contribution in [1.82, 2.24) is 15.1 Å². The van der Waals surface area contributed by atoms with Crippen LogP contribution < -0.4 is 11.1 Å². The van der Waals surface area contributed by atoms with Crippen molar-refractivity contribution in [2.24, 2.45) is 5.73 Å². The van der Waals surface area contributed by atoms with Gasteiger partial charge in [-0.3, -0.25) is 0 Å². The monoisotopic (exact) mass is 193 g/mol. The van der Waals surface area contributed by atoms with Gasteiger partial charge < -0.3 is 15.6 Å². The summed E-state index contributed by atoms with van der Waals surface area (Å²) in [6, 6.07) is 0.0593. The summed E-state index contributed by atoms with van der Waals surface area (Å²) < 4.78 is 4.89. The van der Waals surface area contributed by atoms with Crippen molar-refractivity contribution in [2.45, 2.75) is 13.0 Å². The van der Waals surface area contributed by atoms with Gasteiger partial charge in [-0.2, -0.15) is 4.98 Å². The van der Waals surface area contributed by atoms with Crippen molar-refractivity contribution in [3.05, 3.63) is 12.4 Å². The van der Waals surface area contributed by atoms with E-state index < -0.39 is 0 Å². The standard InChI is InChI=1S/C8H11N5O/c1-5(9)2-10-8-11-3-6-4-12-14-7(6)13-8/h3-5H,2,9H2,1H3,(H,10,11,13). The van der Waals surface area contributed by atoms with Crippen LogP contribution in [-0.2, 0) is 0 Å². The van der Waals surface area contributed by atoms with E-state index in [-0.39, 0.29) is 6.04 Å². The van der Waals surface area contributed by atoms with Crippen molar-refractivity contribution < 1.29 is 4.52 Å². The van der Waals surface area contributed by atoms with Gasteiger partial charge in [-0.15, -0.1) is 0 Å². The molecule has 6 nitrogen and oxygen atoms in total. The van der Waals surface area contributed by atoms with Gasteiger partial charge in [0.1, 0.15) is 0 Å². The normalized spacial score (nSPS) is 13.0. The highest BCUT2D eigenvalue weighted by molar-refractivity contribution is 5.71. The zero-order valence-electron chi connectivity index (χ0n) is 7.77. The number of nitrogens with zero attached hydrogens (tertiary/aromatic N) is 3. The van der Waals surface area contributed by atoms with Crippen molar-refractivity contribution in [2.75, 3.05) is 11.9 Å². The predicted molar refractivity (Wildman–Crippen MR) is 51.7 cm³/mol. The van der Waals surface area contributed by atoms with Crippen LogP contribution >= 0.6 is 0 Å². The summed E-state index contributed by atoms with van der Waals surface area (Å²) in [5.41, 5.74) is 6.06. The fraction of sp³-hybridized carbons (Fsp3) is 0.375. The van der Waals surface area contributed by atoms with Crippen LogP contribution in [0.1, 0.15) is 6.92 Å². The van der Waals surface area contributed by atoms with Crippen LogP contribution in [0.2, 0.25) is 0 Å². The van der Waals surface area contributed by atoms with Crippen LogP contribution in [0.5, 0.6) is 0 Å². The minimum absolute atomic E-state index is 0.0593. The fourth-order valence-corrected chi connectivity index (χ4v) is 1.01. The van der Waals surface area contributed by atoms with Crippen LogP contribution in [0.3, 0.4) is 0 Å². The number of hydrogen-bond donors (Lipinski definition) is 2. The van der Waals surface area contributed by atoms with Gasteiger partial charge in [0.25, 0.3) is 5.71 Å². The molecule has 0 aromatic carbocycles. The Morgan fingerprint density at radius 3 is 3.21 bits per heavy atom. The van der Waals surface area contributed by atoms with Crippen LogP contribution in [0, 0.1) is 0 Å². The molecule has 6 heteroatoms. The molecule has 2 aromatic rings. The van der Waals surface area contributed by atoms with Crippen LogP contribution in [0.15, 0.2) is 16.9 Å². The molecule has 1 unspecified atom stereocenters. The third-order valence-electron chi connectivity index (χ3n) is 1.69. The summed E-state index contributed by atoms with van der Waals surface area (Å²) in [6.45, 7) is 2.53. The third kappa shape index (κ3) is 1.80. The molecule has 0 aliphatic rings. The zero-order chi connectivity index (χ0) is 9.97. The van der Waals surface area contributed by atoms with E-state index in [0.717, 1.165) is 5.39 Å². The maximum absolute atomic E-state index is 5.58. The first-order valence-electron chi connectivity index (χ1n) is 4.32. The first-order valence-corrected chi connectivity index (χ1v) is 4.32. The van der Waals surface area contributed by atoms with Gasteiger partial charge >= 0.3 is 0 Å². The molecule has 2 aromatic heterocycles. The lowest BCUT2D eigenvalue weighted by molar-refractivity contribution is 0.448. The molecule has 0 saturated heterocycles. The first kappa shape index (κ1) is 8.89. The Bertz CT molecular complexity index is 424. The van der Waals surface area contributed by atoms with E-state index in [2.05, 4.69) is 20.4 Å². The van der Waals surface area contributed by atoms with Crippen molar-refractivity contribution >= 4 is 17.0 Å². The molecular weight excluding hydrogens is 182 g/mol. The molecule has 0 amide bonds. The molecule has 0 fully saturated rings. The Labute approximate surface area is 80.5 Å². The molecule has 0 radical (unpaired) electrons. The van der Waals surface area contributed by atoms with E-state index in [1.54, 1.807) is 12.4 Å². The highest BCUT2D eigenvalue weighted by atomic mass is 16.5. The molecular formula is C8H11N5O. The average Bonchev–Trinajstić information content (AvgIpc) is 2.61. The fourth-order valence-electron chi connectivity index (χ4n) is 1.01. The van der Waals surface area contributed by atoms with Gasteiger partial charge in [-0.05, 0) is 6.92 Å². The molecule has 0 saturated carbocycles. The lowest BCUT2D eigenvalue weighted by atomic mass is 10.4. The van der Waals surface area contributed by atoms with Gasteiger partial charge in [-0.1, -0.05) is 5.16 Å². The average molecular weight is 193 g/mol. The van der Waals surface area contributed by atoms with Gasteiger partial charge in [-0.25, -0.2) is 4.98 Å². The third-order valence-corrected chi connectivity index (χ3v) is 1.69. The summed E-state index contributed by atoms with van der Waals surface area (Å²) in [4.78, 5) is 8.17. The van der Waals surface area contributed by atoms with E-state index in [4.69, 9.17) is 10.3 Å². The summed E-state index contributed by atoms with van der Waals surface area (Å²) in [7, 11) is 0. The highest BCUT2D eigenvalue weighted by Crippen LogP contribution is 2.10. The summed E-state index contributed by atoms with van der Waals surface area (Å²) in [6.07, 6.45) is 3.23. The topological polar surface area (TPSA) is 89.9 Å². The second-order valence-corrected chi connectivity index (χ2v) is 3.14. The van der Waals surface area contributed by atoms with Crippen molar-refractivity contribution in [3.8, 4) is 0 Å². The van der Waals surface area contributed by atoms with Gasteiger partial charge in [0.05, 0.1) is 11.6 Å². The molecule has 14 heavy (non-hydrogen) atoms. The molecule has 2 heterocycles. The van der Waals surface area contributed by atoms with Crippen molar-refractivity contribution in [1.29, 1.82) is 0 Å². The van der Waals surface area contributed by atoms with E-state index in [1.165, 1.54) is 0 Å². The van der Waals surface area contributed by atoms with Crippen molar-refractivity contribution in [3.63, 3.8) is 0 Å². The SMILES string of the molecule is CC(N)CNc1ncc2cnoc2n1. The Balaban J connectivity index is 2.17. The molecule has 1 atom stereocenters. The Hall–Kier alpha value is -1.69. The summed E-state index contributed by atoms with van der Waals surface area (Å²) in [5, 5.41) is 7.39. The highest BCUT2D eigenvalue weighted by Gasteiger charge is 2.03. The second kappa shape index (κ2) is 3.59. The molecule has 0 bridgehead atoms. The number of aromatic nitrogens is 3. The van der Waals surface area contributed by atoms with E-state index in [1.807, 2.05) is 6.92 Å². The number of nitrogens with two attached hydrogens (primary N) is 1. The lowest BCUT2D eigenvalue weighted by Crippen LogP contribution is -2.25. The smallest absolute Gasteiger partial charge is 0.262 e. The van der Waals surface area contributed by atoms with Crippen LogP contribution in [-0.4, -0.2) is 27.7 Å². The quantitative estimate of drug-likeness (QED) is 0.732. The van der Waals surface area contributed by atoms with Crippen LogP contribution in [0.25, 0.3) is 11.1 Å². The Kier molecular flexibility index (Phi) is 2.28. The largest absolute Gasteiger partial charge is 0.353 e. The maximum Gasteiger partial charge on any atom is 0.262 e. The van der Waals surface area contributed by atoms with Gasteiger partial charge in [0.2, 0.25) is 5.95 Å². The number of fused-ring (bicyclic) bond motifs is 1. The molecule has 0 spiro atoms. The van der Waals surface area contributed by atoms with Gasteiger partial charge in [0, 0.05) is 18.8 Å². The van der Waals surface area contributed by atoms with Crippen LogP contribution in [0.4, 0.5) is 5.95 Å². The first-order chi connectivity index (χ1) is 6.75. The summed E-state index contributed by atoms with van der Waals surface area (Å²) in [5.74, 6) is 0.506. The molecule has 3 N–H and O–H groups in total. The van der Waals surface area contributed by atoms with E-state index in [0.29, 0.717) is 18.2 Å². The summed E-state index contributed by atoms with van der Waals surface area (Å²) >= 11 is 0. The Morgan fingerprint density at radius 1 is 1.57 bits per heavy atom. The second-order valence-electron chi connectivity index (χ2n) is 3.14. The molecule has 0 aliphatic heterocycles. The zero-order valence-corrected chi connectivity index (χ0v) is 7.77. The number of rotatable bonds is 3. The van der Waals surface area contributed by atoms with E-state index in [9.17, 15) is 0 Å². The molecule has 2 rings (SSSR count). The minimum atomic E-state index is 0.0593. The van der Waals surface area contributed by atoms with E-state index >= 15 is 0 Å². The molecule has 74 valence electrons.